The fourth-order valence-electron chi connectivity index (χ4n) is 2.27. The largest absolute Gasteiger partial charge is 0.282 e. The van der Waals surface area contributed by atoms with Gasteiger partial charge in [-0.3, -0.25) is 9.79 Å². The molecule has 0 N–H and O–H groups in total. The maximum atomic E-state index is 12.2. The molecule has 0 bridgehead atoms. The summed E-state index contributed by atoms with van der Waals surface area (Å²) in [5, 5.41) is 5.83. The minimum Gasteiger partial charge on any atom is -0.269 e. The zero-order chi connectivity index (χ0) is 12.0. The van der Waals surface area contributed by atoms with Crippen LogP contribution in [-0.2, 0) is 11.3 Å². The van der Waals surface area contributed by atoms with Crippen LogP contribution < -0.4 is 0 Å². The molecular formula is C13H13N3O. The summed E-state index contributed by atoms with van der Waals surface area (Å²) in [7, 11) is 0. The topological polar surface area (TPSA) is 45.0 Å². The number of hydrogen-bond acceptors (Lipinski definition) is 3. The molecule has 4 nitrogen and oxygen atoms in total. The van der Waals surface area contributed by atoms with Gasteiger partial charge in [0.2, 0.25) is 5.54 Å². The highest BCUT2D eigenvalue weighted by molar-refractivity contribution is 6.40. The number of hydrogen-bond donors (Lipinski definition) is 0. The van der Waals surface area contributed by atoms with E-state index in [1.54, 1.807) is 0 Å². The van der Waals surface area contributed by atoms with Crippen LogP contribution in [0.15, 0.2) is 40.4 Å². The van der Waals surface area contributed by atoms with Crippen molar-refractivity contribution >= 4 is 17.3 Å². The van der Waals surface area contributed by atoms with Gasteiger partial charge in [0, 0.05) is 0 Å². The van der Waals surface area contributed by atoms with Crippen LogP contribution in [0.2, 0.25) is 0 Å². The Morgan fingerprint density at radius 1 is 1.18 bits per heavy atom. The Bertz CT molecular complexity index is 547. The highest BCUT2D eigenvalue weighted by Gasteiger charge is 2.59. The van der Waals surface area contributed by atoms with E-state index in [1.807, 2.05) is 44.2 Å². The molecule has 0 saturated heterocycles. The normalized spacial score (nSPS) is 26.2. The zero-order valence-electron chi connectivity index (χ0n) is 9.84. The first-order valence-corrected chi connectivity index (χ1v) is 5.63. The van der Waals surface area contributed by atoms with E-state index in [0.717, 1.165) is 17.0 Å². The highest BCUT2D eigenvalue weighted by atomic mass is 16.2. The molecule has 17 heavy (non-hydrogen) atoms. The van der Waals surface area contributed by atoms with Gasteiger partial charge in [-0.05, 0) is 19.4 Å². The number of amides is 1. The summed E-state index contributed by atoms with van der Waals surface area (Å²) in [5.74, 6) is -0.0173. The van der Waals surface area contributed by atoms with E-state index in [4.69, 9.17) is 0 Å². The summed E-state index contributed by atoms with van der Waals surface area (Å²) in [6.07, 6.45) is 0. The molecular weight excluding hydrogens is 214 g/mol. The Kier molecular flexibility index (Phi) is 1.96. The van der Waals surface area contributed by atoms with Gasteiger partial charge in [0.15, 0.2) is 0 Å². The van der Waals surface area contributed by atoms with Crippen molar-refractivity contribution in [1.82, 2.24) is 5.01 Å². The van der Waals surface area contributed by atoms with Gasteiger partial charge in [-0.25, -0.2) is 5.01 Å². The molecule has 4 heteroatoms. The van der Waals surface area contributed by atoms with Crippen molar-refractivity contribution in [3.8, 4) is 0 Å². The van der Waals surface area contributed by atoms with Gasteiger partial charge in [0.05, 0.1) is 18.0 Å². The van der Waals surface area contributed by atoms with Gasteiger partial charge < -0.3 is 0 Å². The molecule has 3 rings (SSSR count). The first kappa shape index (κ1) is 10.2. The van der Waals surface area contributed by atoms with Crippen LogP contribution in [0.4, 0.5) is 0 Å². The van der Waals surface area contributed by atoms with Gasteiger partial charge in [-0.2, -0.15) is 5.10 Å². The van der Waals surface area contributed by atoms with Gasteiger partial charge in [-0.1, -0.05) is 30.3 Å². The fourth-order valence-corrected chi connectivity index (χ4v) is 2.27. The first-order chi connectivity index (χ1) is 8.14. The van der Waals surface area contributed by atoms with Gasteiger partial charge in [0.25, 0.3) is 5.91 Å². The van der Waals surface area contributed by atoms with Crippen LogP contribution in [0.1, 0.15) is 19.4 Å². The summed E-state index contributed by atoms with van der Waals surface area (Å²) in [6.45, 7) is 4.26. The molecule has 1 spiro atoms. The number of carbonyl (C=O) groups is 1. The fraction of sp³-hybridized carbons (Fsp3) is 0.308. The second-order valence-corrected chi connectivity index (χ2v) is 4.44. The van der Waals surface area contributed by atoms with E-state index in [9.17, 15) is 4.79 Å². The summed E-state index contributed by atoms with van der Waals surface area (Å²) >= 11 is 0. The summed E-state index contributed by atoms with van der Waals surface area (Å²) < 4.78 is 0. The number of carbonyl (C=O) groups excluding carboxylic acids is 1. The molecule has 1 aromatic carbocycles. The summed E-state index contributed by atoms with van der Waals surface area (Å²) in [6, 6.07) is 9.86. The molecule has 1 unspecified atom stereocenters. The maximum Gasteiger partial charge on any atom is 0.282 e. The lowest BCUT2D eigenvalue weighted by Crippen LogP contribution is -2.37. The molecule has 1 atom stereocenters. The zero-order valence-corrected chi connectivity index (χ0v) is 9.84. The predicted octanol–water partition coefficient (Wildman–Crippen LogP) is 1.62. The molecule has 1 aromatic rings. The lowest BCUT2D eigenvalue weighted by molar-refractivity contribution is -0.130. The van der Waals surface area contributed by atoms with Gasteiger partial charge >= 0.3 is 0 Å². The van der Waals surface area contributed by atoms with E-state index in [1.165, 1.54) is 5.01 Å². The number of rotatable bonds is 2. The molecule has 0 aromatic heterocycles. The van der Waals surface area contributed by atoms with Gasteiger partial charge in [-0.15, -0.1) is 0 Å². The van der Waals surface area contributed by atoms with Crippen molar-refractivity contribution in [2.75, 3.05) is 0 Å². The van der Waals surface area contributed by atoms with Crippen LogP contribution in [-0.4, -0.2) is 27.9 Å². The monoisotopic (exact) mass is 227 g/mol. The standard InChI is InChI=1S/C13H13N3O/c1-9-13(14-9)10(2)15-16(12(13)17)8-11-6-4-3-5-7-11/h3-7H,8H2,1-2H3. The molecule has 0 fully saturated rings. The van der Waals surface area contributed by atoms with Crippen LogP contribution >= 0.6 is 0 Å². The molecule has 0 radical (unpaired) electrons. The Hall–Kier alpha value is -1.97. The number of benzene rings is 1. The van der Waals surface area contributed by atoms with Crippen molar-refractivity contribution in [3.05, 3.63) is 35.9 Å². The number of aliphatic imine (C=N–C) groups is 1. The quantitative estimate of drug-likeness (QED) is 0.757. The average Bonchev–Trinajstić information content (AvgIpc) is 2.96. The van der Waals surface area contributed by atoms with Crippen molar-refractivity contribution in [1.29, 1.82) is 0 Å². The second-order valence-electron chi connectivity index (χ2n) is 4.44. The maximum absolute atomic E-state index is 12.2. The molecule has 2 heterocycles. The lowest BCUT2D eigenvalue weighted by atomic mass is 9.99. The van der Waals surface area contributed by atoms with Crippen LogP contribution in [0.3, 0.4) is 0 Å². The Balaban J connectivity index is 1.82. The number of nitrogens with zero attached hydrogens (tertiary/aromatic N) is 3. The average molecular weight is 227 g/mol. The second kappa shape index (κ2) is 3.26. The van der Waals surface area contributed by atoms with Gasteiger partial charge in [0.1, 0.15) is 0 Å². The van der Waals surface area contributed by atoms with E-state index >= 15 is 0 Å². The molecule has 0 saturated carbocycles. The third kappa shape index (κ3) is 1.33. The summed E-state index contributed by atoms with van der Waals surface area (Å²) in [4.78, 5) is 16.4. The minimum absolute atomic E-state index is 0.0173. The van der Waals surface area contributed by atoms with Crippen molar-refractivity contribution in [3.63, 3.8) is 0 Å². The minimum atomic E-state index is -0.700. The molecule has 2 aliphatic rings. The molecule has 2 aliphatic heterocycles. The Morgan fingerprint density at radius 2 is 1.82 bits per heavy atom. The molecule has 86 valence electrons. The molecule has 1 amide bonds. The van der Waals surface area contributed by atoms with Crippen LogP contribution in [0.25, 0.3) is 0 Å². The first-order valence-electron chi connectivity index (χ1n) is 5.63. The predicted molar refractivity (Wildman–Crippen MR) is 65.9 cm³/mol. The summed E-state index contributed by atoms with van der Waals surface area (Å²) in [5.41, 5.74) is 2.04. The highest BCUT2D eigenvalue weighted by Crippen LogP contribution is 2.37. The van der Waals surface area contributed by atoms with Crippen LogP contribution in [0, 0.1) is 0 Å². The smallest absolute Gasteiger partial charge is 0.269 e. The van der Waals surface area contributed by atoms with E-state index in [2.05, 4.69) is 10.1 Å². The van der Waals surface area contributed by atoms with Crippen molar-refractivity contribution in [2.24, 2.45) is 10.1 Å². The van der Waals surface area contributed by atoms with E-state index < -0.39 is 5.54 Å². The SMILES string of the molecule is CC1=NN(Cc2ccccc2)C(=O)C12N=C2C. The van der Waals surface area contributed by atoms with E-state index in [0.29, 0.717) is 6.54 Å². The molecule has 0 aliphatic carbocycles. The third-order valence-electron chi connectivity index (χ3n) is 3.32. The van der Waals surface area contributed by atoms with Crippen LogP contribution in [0.5, 0.6) is 0 Å². The van der Waals surface area contributed by atoms with Crippen molar-refractivity contribution in [2.45, 2.75) is 25.9 Å². The van der Waals surface area contributed by atoms with E-state index in [-0.39, 0.29) is 5.91 Å². The Morgan fingerprint density at radius 3 is 2.35 bits per heavy atom. The third-order valence-corrected chi connectivity index (χ3v) is 3.32. The number of hydrazone groups is 1. The van der Waals surface area contributed by atoms with Crippen molar-refractivity contribution < 1.29 is 4.79 Å². The lowest BCUT2D eigenvalue weighted by Gasteiger charge is -2.13. The Labute approximate surface area is 99.7 Å².